The van der Waals surface area contributed by atoms with Crippen molar-refractivity contribution in [3.8, 4) is 5.75 Å². The van der Waals surface area contributed by atoms with Crippen LogP contribution in [-0.4, -0.2) is 18.6 Å². The minimum Gasteiger partial charge on any atom is -0.476 e. The smallest absolute Gasteiger partial charge is 0.260 e. The van der Waals surface area contributed by atoms with Crippen LogP contribution in [0.1, 0.15) is 20.3 Å². The van der Waals surface area contributed by atoms with Gasteiger partial charge in [0.15, 0.2) is 17.7 Å². The minimum absolute atomic E-state index is 0.0772. The van der Waals surface area contributed by atoms with E-state index >= 15 is 0 Å². The maximum atomic E-state index is 13.4. The Kier molecular flexibility index (Phi) is 4.75. The predicted octanol–water partition coefficient (Wildman–Crippen LogP) is 1.70. The summed E-state index contributed by atoms with van der Waals surface area (Å²) in [5.74, 6) is -0.929. The van der Waals surface area contributed by atoms with Crippen LogP contribution in [0, 0.1) is 5.82 Å². The lowest BCUT2D eigenvalue weighted by molar-refractivity contribution is -0.127. The van der Waals surface area contributed by atoms with Gasteiger partial charge in [-0.25, -0.2) is 4.39 Å². The van der Waals surface area contributed by atoms with Crippen LogP contribution in [0.3, 0.4) is 0 Å². The minimum atomic E-state index is -0.777. The number of anilines is 1. The van der Waals surface area contributed by atoms with E-state index < -0.39 is 11.9 Å². The van der Waals surface area contributed by atoms with Gasteiger partial charge in [-0.05, 0) is 25.5 Å². The van der Waals surface area contributed by atoms with E-state index in [1.807, 2.05) is 6.92 Å². The zero-order chi connectivity index (χ0) is 12.8. The first-order valence-corrected chi connectivity index (χ1v) is 5.54. The molecule has 0 fully saturated rings. The highest BCUT2D eigenvalue weighted by atomic mass is 19.1. The van der Waals surface area contributed by atoms with Gasteiger partial charge in [-0.2, -0.15) is 0 Å². The van der Waals surface area contributed by atoms with Crippen LogP contribution in [0.15, 0.2) is 18.2 Å². The van der Waals surface area contributed by atoms with E-state index in [-0.39, 0.29) is 17.3 Å². The third kappa shape index (κ3) is 3.62. The van der Waals surface area contributed by atoms with Crippen LogP contribution in [0.25, 0.3) is 0 Å². The van der Waals surface area contributed by atoms with Gasteiger partial charge in [-0.3, -0.25) is 4.79 Å². The Morgan fingerprint density at radius 1 is 1.59 bits per heavy atom. The van der Waals surface area contributed by atoms with Gasteiger partial charge in [0.2, 0.25) is 0 Å². The molecule has 0 radical (unpaired) electrons. The summed E-state index contributed by atoms with van der Waals surface area (Å²) in [4.78, 5) is 11.5. The maximum Gasteiger partial charge on any atom is 0.260 e. The molecule has 5 heteroatoms. The predicted molar refractivity (Wildman–Crippen MR) is 64.2 cm³/mol. The molecule has 0 aliphatic heterocycles. The molecule has 0 spiro atoms. The van der Waals surface area contributed by atoms with Crippen molar-refractivity contribution >= 4 is 11.6 Å². The van der Waals surface area contributed by atoms with Crippen molar-refractivity contribution in [3.63, 3.8) is 0 Å². The Morgan fingerprint density at radius 2 is 2.29 bits per heavy atom. The molecule has 1 rings (SSSR count). The topological polar surface area (TPSA) is 64.3 Å². The van der Waals surface area contributed by atoms with E-state index in [0.717, 1.165) is 6.42 Å². The summed E-state index contributed by atoms with van der Waals surface area (Å²) in [5, 5.41) is 2.66. The van der Waals surface area contributed by atoms with Crippen molar-refractivity contribution in [1.29, 1.82) is 0 Å². The van der Waals surface area contributed by atoms with Crippen molar-refractivity contribution < 1.29 is 13.9 Å². The van der Waals surface area contributed by atoms with Gasteiger partial charge in [-0.1, -0.05) is 13.0 Å². The van der Waals surface area contributed by atoms with Crippen molar-refractivity contribution in [2.24, 2.45) is 0 Å². The fourth-order valence-corrected chi connectivity index (χ4v) is 1.27. The van der Waals surface area contributed by atoms with Gasteiger partial charge in [0.25, 0.3) is 5.91 Å². The van der Waals surface area contributed by atoms with Crippen LogP contribution in [0.5, 0.6) is 5.75 Å². The number of benzene rings is 1. The second-order valence-corrected chi connectivity index (χ2v) is 3.71. The lowest BCUT2D eigenvalue weighted by atomic mass is 10.2. The van der Waals surface area contributed by atoms with Gasteiger partial charge >= 0.3 is 0 Å². The molecule has 4 nitrogen and oxygen atoms in total. The molecule has 1 unspecified atom stereocenters. The molecule has 1 aromatic carbocycles. The summed E-state index contributed by atoms with van der Waals surface area (Å²) < 4.78 is 18.6. The van der Waals surface area contributed by atoms with Crippen molar-refractivity contribution in [2.45, 2.75) is 26.4 Å². The summed E-state index contributed by atoms with van der Waals surface area (Å²) in [5.41, 5.74) is 5.75. The molecule has 1 atom stereocenters. The van der Waals surface area contributed by atoms with Gasteiger partial charge < -0.3 is 15.8 Å². The number of hydrogen-bond donors (Lipinski definition) is 2. The zero-order valence-electron chi connectivity index (χ0n) is 10.00. The number of para-hydroxylation sites is 1. The molecule has 0 aliphatic rings. The molecule has 0 bridgehead atoms. The fraction of sp³-hybridized carbons (Fsp3) is 0.417. The van der Waals surface area contributed by atoms with Gasteiger partial charge in [0.05, 0.1) is 5.69 Å². The normalized spacial score (nSPS) is 11.9. The van der Waals surface area contributed by atoms with Gasteiger partial charge in [0.1, 0.15) is 0 Å². The monoisotopic (exact) mass is 240 g/mol. The number of carbonyl (C=O) groups is 1. The molecule has 0 saturated carbocycles. The highest BCUT2D eigenvalue weighted by molar-refractivity contribution is 5.80. The first-order chi connectivity index (χ1) is 8.06. The zero-order valence-corrected chi connectivity index (χ0v) is 10.00. The van der Waals surface area contributed by atoms with E-state index in [1.54, 1.807) is 6.92 Å². The van der Waals surface area contributed by atoms with E-state index in [4.69, 9.17) is 10.5 Å². The van der Waals surface area contributed by atoms with Gasteiger partial charge in [0, 0.05) is 6.54 Å². The summed E-state index contributed by atoms with van der Waals surface area (Å²) in [6, 6.07) is 4.25. The number of hydrogen-bond acceptors (Lipinski definition) is 3. The van der Waals surface area contributed by atoms with Crippen molar-refractivity contribution in [2.75, 3.05) is 12.3 Å². The van der Waals surface area contributed by atoms with Crippen LogP contribution in [0.2, 0.25) is 0 Å². The van der Waals surface area contributed by atoms with E-state index in [0.29, 0.717) is 6.54 Å². The molecule has 1 amide bonds. The first-order valence-electron chi connectivity index (χ1n) is 5.54. The summed E-state index contributed by atoms with van der Waals surface area (Å²) in [6.07, 6.45) is 0.0565. The fourth-order valence-electron chi connectivity index (χ4n) is 1.27. The molecule has 0 heterocycles. The SMILES string of the molecule is CCCNC(=O)C(C)Oc1c(N)cccc1F. The van der Waals surface area contributed by atoms with Crippen LogP contribution in [-0.2, 0) is 4.79 Å². The molecule has 94 valence electrons. The average Bonchev–Trinajstić information content (AvgIpc) is 2.30. The third-order valence-corrected chi connectivity index (χ3v) is 2.21. The summed E-state index contributed by atoms with van der Waals surface area (Å²) in [6.45, 7) is 4.07. The number of amides is 1. The highest BCUT2D eigenvalue weighted by Gasteiger charge is 2.17. The number of halogens is 1. The van der Waals surface area contributed by atoms with Crippen molar-refractivity contribution in [1.82, 2.24) is 5.32 Å². The molecular formula is C12H17FN2O2. The largest absolute Gasteiger partial charge is 0.476 e. The number of ether oxygens (including phenoxy) is 1. The lowest BCUT2D eigenvalue weighted by Crippen LogP contribution is -2.36. The third-order valence-electron chi connectivity index (χ3n) is 2.21. The molecule has 0 saturated heterocycles. The number of nitrogens with one attached hydrogen (secondary N) is 1. The Bertz CT molecular complexity index is 376. The molecule has 3 N–H and O–H groups in total. The Hall–Kier alpha value is -1.78. The number of nitrogens with two attached hydrogens (primary N) is 1. The Labute approximate surface area is 100.0 Å². The molecule has 1 aromatic rings. The average molecular weight is 240 g/mol. The van der Waals surface area contributed by atoms with E-state index in [1.165, 1.54) is 18.2 Å². The molecule has 17 heavy (non-hydrogen) atoms. The maximum absolute atomic E-state index is 13.4. The van der Waals surface area contributed by atoms with E-state index in [2.05, 4.69) is 5.32 Å². The number of carbonyl (C=O) groups excluding carboxylic acids is 1. The standard InChI is InChI=1S/C12H17FN2O2/c1-3-7-15-12(16)8(2)17-11-9(13)5-4-6-10(11)14/h4-6,8H,3,7,14H2,1-2H3,(H,15,16). The van der Waals surface area contributed by atoms with Crippen molar-refractivity contribution in [3.05, 3.63) is 24.0 Å². The second kappa shape index (κ2) is 6.08. The Balaban J connectivity index is 2.67. The quantitative estimate of drug-likeness (QED) is 0.770. The summed E-state index contributed by atoms with van der Waals surface area (Å²) >= 11 is 0. The molecule has 0 aliphatic carbocycles. The first kappa shape index (κ1) is 13.3. The Morgan fingerprint density at radius 3 is 2.88 bits per heavy atom. The highest BCUT2D eigenvalue weighted by Crippen LogP contribution is 2.25. The number of nitrogen functional groups attached to an aromatic ring is 1. The summed E-state index contributed by atoms with van der Waals surface area (Å²) in [7, 11) is 0. The van der Waals surface area contributed by atoms with E-state index in [9.17, 15) is 9.18 Å². The van der Waals surface area contributed by atoms with Crippen LogP contribution < -0.4 is 15.8 Å². The van der Waals surface area contributed by atoms with Gasteiger partial charge in [-0.15, -0.1) is 0 Å². The molecular weight excluding hydrogens is 223 g/mol. The number of rotatable bonds is 5. The second-order valence-electron chi connectivity index (χ2n) is 3.71. The van der Waals surface area contributed by atoms with Crippen LogP contribution in [0.4, 0.5) is 10.1 Å². The lowest BCUT2D eigenvalue weighted by Gasteiger charge is -2.16. The van der Waals surface area contributed by atoms with Crippen LogP contribution >= 0.6 is 0 Å². The molecule has 0 aromatic heterocycles.